The number of benzene rings is 1. The number of nitrogens with one attached hydrogen (secondary N) is 1. The lowest BCUT2D eigenvalue weighted by Gasteiger charge is -2.15. The van der Waals surface area contributed by atoms with Gasteiger partial charge in [0.05, 0.1) is 11.6 Å². The third-order valence-electron chi connectivity index (χ3n) is 3.85. The molecule has 0 aliphatic carbocycles. The van der Waals surface area contributed by atoms with E-state index in [1.807, 2.05) is 43.3 Å². The van der Waals surface area contributed by atoms with E-state index in [1.165, 1.54) is 6.20 Å². The second-order valence-electron chi connectivity index (χ2n) is 5.78. The summed E-state index contributed by atoms with van der Waals surface area (Å²) in [5, 5.41) is 3.30. The summed E-state index contributed by atoms with van der Waals surface area (Å²) in [4.78, 5) is 20.2. The minimum absolute atomic E-state index is 0.148. The van der Waals surface area contributed by atoms with Gasteiger partial charge in [-0.25, -0.2) is 4.98 Å². The van der Waals surface area contributed by atoms with E-state index in [-0.39, 0.29) is 11.9 Å². The lowest BCUT2D eigenvalue weighted by Crippen LogP contribution is -2.26. The summed E-state index contributed by atoms with van der Waals surface area (Å²) in [7, 11) is 0. The van der Waals surface area contributed by atoms with Crippen molar-refractivity contribution in [1.82, 2.24) is 15.3 Å². The lowest BCUT2D eigenvalue weighted by atomic mass is 10.1. The number of carbonyl (C=O) groups excluding carboxylic acids is 1. The molecule has 26 heavy (non-hydrogen) atoms. The molecule has 2 aromatic heterocycles. The number of hydrogen-bond acceptors (Lipinski definition) is 4. The van der Waals surface area contributed by atoms with Crippen LogP contribution in [0, 0.1) is 0 Å². The van der Waals surface area contributed by atoms with Crippen molar-refractivity contribution in [3.63, 3.8) is 0 Å². The Bertz CT molecular complexity index is 852. The first-order chi connectivity index (χ1) is 12.6. The molecule has 0 bridgehead atoms. The zero-order chi connectivity index (χ0) is 18.4. The summed E-state index contributed by atoms with van der Waals surface area (Å²) in [5.41, 5.74) is 2.46. The average molecular weight is 368 g/mol. The Balaban J connectivity index is 1.57. The van der Waals surface area contributed by atoms with Gasteiger partial charge in [-0.05, 0) is 42.8 Å². The Hall–Kier alpha value is -2.92. The Morgan fingerprint density at radius 1 is 1.15 bits per heavy atom. The normalized spacial score (nSPS) is 11.6. The first-order valence-corrected chi connectivity index (χ1v) is 8.54. The molecule has 1 atom stereocenters. The van der Waals surface area contributed by atoms with E-state index in [4.69, 9.17) is 16.3 Å². The van der Waals surface area contributed by atoms with E-state index in [0.717, 1.165) is 16.9 Å². The maximum Gasteiger partial charge on any atom is 0.253 e. The molecule has 0 aliphatic rings. The van der Waals surface area contributed by atoms with E-state index < -0.39 is 0 Å². The topological polar surface area (TPSA) is 64.1 Å². The molecule has 3 rings (SSSR count). The number of hydrogen-bond donors (Lipinski definition) is 1. The second-order valence-corrected chi connectivity index (χ2v) is 6.17. The minimum Gasteiger partial charge on any atom is -0.489 e. The molecule has 0 saturated carbocycles. The van der Waals surface area contributed by atoms with Crippen LogP contribution in [-0.4, -0.2) is 15.9 Å². The largest absolute Gasteiger partial charge is 0.489 e. The van der Waals surface area contributed by atoms with Crippen LogP contribution in [0.15, 0.2) is 67.1 Å². The van der Waals surface area contributed by atoms with Crippen molar-refractivity contribution in [2.75, 3.05) is 0 Å². The van der Waals surface area contributed by atoms with E-state index in [0.29, 0.717) is 17.3 Å². The summed E-state index contributed by atoms with van der Waals surface area (Å²) < 4.78 is 5.74. The van der Waals surface area contributed by atoms with Crippen molar-refractivity contribution in [2.24, 2.45) is 0 Å². The van der Waals surface area contributed by atoms with Crippen LogP contribution in [0.4, 0.5) is 0 Å². The first kappa shape index (κ1) is 17.9. The number of nitrogens with zero attached hydrogens (tertiary/aromatic N) is 2. The van der Waals surface area contributed by atoms with E-state index in [9.17, 15) is 4.79 Å². The van der Waals surface area contributed by atoms with Gasteiger partial charge in [0, 0.05) is 24.2 Å². The standard InChI is InChI=1S/C20H18ClN3O2/c1-14(24-20(25)17-6-9-19(21)23-12-17)16-4-7-18(8-5-16)26-13-15-3-2-10-22-11-15/h2-12,14H,13H2,1H3,(H,24,25). The van der Waals surface area contributed by atoms with Gasteiger partial charge in [0.15, 0.2) is 0 Å². The van der Waals surface area contributed by atoms with E-state index >= 15 is 0 Å². The summed E-state index contributed by atoms with van der Waals surface area (Å²) in [6, 6.07) is 14.6. The maximum absolute atomic E-state index is 12.2. The molecular weight excluding hydrogens is 350 g/mol. The van der Waals surface area contributed by atoms with E-state index in [2.05, 4.69) is 15.3 Å². The van der Waals surface area contributed by atoms with Gasteiger partial charge >= 0.3 is 0 Å². The zero-order valence-electron chi connectivity index (χ0n) is 14.2. The fourth-order valence-electron chi connectivity index (χ4n) is 2.38. The van der Waals surface area contributed by atoms with Gasteiger partial charge in [-0.3, -0.25) is 9.78 Å². The van der Waals surface area contributed by atoms with Crippen LogP contribution in [0.2, 0.25) is 5.15 Å². The van der Waals surface area contributed by atoms with Crippen molar-refractivity contribution >= 4 is 17.5 Å². The number of carbonyl (C=O) groups is 1. The third kappa shape index (κ3) is 4.80. The quantitative estimate of drug-likeness (QED) is 0.663. The van der Waals surface area contributed by atoms with Crippen molar-refractivity contribution in [1.29, 1.82) is 0 Å². The molecule has 2 heterocycles. The third-order valence-corrected chi connectivity index (χ3v) is 4.07. The van der Waals surface area contributed by atoms with Gasteiger partial charge in [-0.1, -0.05) is 29.8 Å². The highest BCUT2D eigenvalue weighted by molar-refractivity contribution is 6.29. The smallest absolute Gasteiger partial charge is 0.253 e. The van der Waals surface area contributed by atoms with Crippen LogP contribution in [0.5, 0.6) is 5.75 Å². The van der Waals surface area contributed by atoms with Crippen molar-refractivity contribution in [2.45, 2.75) is 19.6 Å². The molecule has 1 unspecified atom stereocenters. The Morgan fingerprint density at radius 3 is 2.62 bits per heavy atom. The molecule has 132 valence electrons. The highest BCUT2D eigenvalue weighted by Gasteiger charge is 2.12. The van der Waals surface area contributed by atoms with E-state index in [1.54, 1.807) is 24.5 Å². The average Bonchev–Trinajstić information content (AvgIpc) is 2.68. The van der Waals surface area contributed by atoms with Gasteiger partial charge in [0.1, 0.15) is 17.5 Å². The van der Waals surface area contributed by atoms with Gasteiger partial charge in [-0.15, -0.1) is 0 Å². The fourth-order valence-corrected chi connectivity index (χ4v) is 2.49. The summed E-state index contributed by atoms with van der Waals surface area (Å²) in [6.45, 7) is 2.38. The van der Waals surface area contributed by atoms with Crippen LogP contribution in [-0.2, 0) is 6.61 Å². The van der Waals surface area contributed by atoms with Crippen LogP contribution >= 0.6 is 11.6 Å². The predicted molar refractivity (Wildman–Crippen MR) is 100 cm³/mol. The van der Waals surface area contributed by atoms with Gasteiger partial charge in [-0.2, -0.15) is 0 Å². The first-order valence-electron chi connectivity index (χ1n) is 8.16. The molecule has 0 saturated heterocycles. The number of rotatable bonds is 6. The number of ether oxygens (including phenoxy) is 1. The van der Waals surface area contributed by atoms with Crippen LogP contribution < -0.4 is 10.1 Å². The number of aromatic nitrogens is 2. The van der Waals surface area contributed by atoms with Crippen LogP contribution in [0.1, 0.15) is 34.5 Å². The lowest BCUT2D eigenvalue weighted by molar-refractivity contribution is 0.0939. The molecule has 3 aromatic rings. The molecule has 1 N–H and O–H groups in total. The fraction of sp³-hybridized carbons (Fsp3) is 0.150. The summed E-state index contributed by atoms with van der Waals surface area (Å²) in [5.74, 6) is 0.566. The minimum atomic E-state index is -0.196. The van der Waals surface area contributed by atoms with Gasteiger partial charge < -0.3 is 10.1 Å². The number of pyridine rings is 2. The maximum atomic E-state index is 12.2. The second kappa shape index (κ2) is 8.45. The monoisotopic (exact) mass is 367 g/mol. The molecule has 0 fully saturated rings. The highest BCUT2D eigenvalue weighted by atomic mass is 35.5. The van der Waals surface area contributed by atoms with Gasteiger partial charge in [0.25, 0.3) is 5.91 Å². The molecule has 1 aromatic carbocycles. The van der Waals surface area contributed by atoms with Gasteiger partial charge in [0.2, 0.25) is 0 Å². The molecule has 0 spiro atoms. The zero-order valence-corrected chi connectivity index (χ0v) is 15.0. The Labute approximate surface area is 157 Å². The predicted octanol–water partition coefficient (Wildman–Crippen LogP) is 4.20. The van der Waals surface area contributed by atoms with Crippen LogP contribution in [0.25, 0.3) is 0 Å². The Kier molecular flexibility index (Phi) is 5.81. The summed E-state index contributed by atoms with van der Waals surface area (Å²) >= 11 is 5.74. The van der Waals surface area contributed by atoms with Crippen LogP contribution in [0.3, 0.4) is 0 Å². The molecule has 0 aliphatic heterocycles. The van der Waals surface area contributed by atoms with Crippen molar-refractivity contribution in [3.8, 4) is 5.75 Å². The number of halogens is 1. The molecular formula is C20H18ClN3O2. The van der Waals surface area contributed by atoms with Crippen molar-refractivity contribution in [3.05, 3.63) is 89.0 Å². The Morgan fingerprint density at radius 2 is 1.96 bits per heavy atom. The SMILES string of the molecule is CC(NC(=O)c1ccc(Cl)nc1)c1ccc(OCc2cccnc2)cc1. The molecule has 6 heteroatoms. The highest BCUT2D eigenvalue weighted by Crippen LogP contribution is 2.19. The van der Waals surface area contributed by atoms with Crippen molar-refractivity contribution < 1.29 is 9.53 Å². The summed E-state index contributed by atoms with van der Waals surface area (Å²) in [6.07, 6.45) is 4.96. The molecule has 5 nitrogen and oxygen atoms in total. The molecule has 1 amide bonds. The number of amides is 1. The molecule has 0 radical (unpaired) electrons.